The molecule has 0 bridgehead atoms. The largest absolute Gasteiger partial charge is 0.488 e. The summed E-state index contributed by atoms with van der Waals surface area (Å²) in [6.45, 7) is 6.73. The summed E-state index contributed by atoms with van der Waals surface area (Å²) in [6.07, 6.45) is 1.71. The van der Waals surface area contributed by atoms with E-state index < -0.39 is 0 Å². The van der Waals surface area contributed by atoms with E-state index in [9.17, 15) is 0 Å². The zero-order valence-electron chi connectivity index (χ0n) is 11.5. The van der Waals surface area contributed by atoms with Gasteiger partial charge in [0.1, 0.15) is 18.2 Å². The monoisotopic (exact) mass is 257 g/mol. The lowest BCUT2D eigenvalue weighted by Gasteiger charge is -2.14. The van der Waals surface area contributed by atoms with Gasteiger partial charge in [-0.05, 0) is 55.2 Å². The van der Waals surface area contributed by atoms with Gasteiger partial charge in [-0.3, -0.25) is 0 Å². The molecule has 2 aromatic rings. The fourth-order valence-corrected chi connectivity index (χ4v) is 1.95. The molecule has 0 aliphatic heterocycles. The molecule has 0 saturated heterocycles. The number of pyridine rings is 1. The SMILES string of the molecule is Cc1ccc(C)c(OCc2ccnc(NN)c2)c1C. The highest BCUT2D eigenvalue weighted by Crippen LogP contribution is 2.26. The number of hydrogen-bond acceptors (Lipinski definition) is 4. The van der Waals surface area contributed by atoms with Gasteiger partial charge in [0.05, 0.1) is 0 Å². The first kappa shape index (κ1) is 13.4. The van der Waals surface area contributed by atoms with Crippen LogP contribution in [-0.4, -0.2) is 4.98 Å². The molecule has 100 valence electrons. The number of hydrogen-bond donors (Lipinski definition) is 2. The zero-order chi connectivity index (χ0) is 13.8. The van der Waals surface area contributed by atoms with E-state index in [1.165, 1.54) is 11.1 Å². The molecule has 4 nitrogen and oxygen atoms in total. The van der Waals surface area contributed by atoms with Gasteiger partial charge >= 0.3 is 0 Å². The molecule has 0 amide bonds. The van der Waals surface area contributed by atoms with Crippen molar-refractivity contribution in [1.29, 1.82) is 0 Å². The average Bonchev–Trinajstić information content (AvgIpc) is 2.43. The van der Waals surface area contributed by atoms with Crippen molar-refractivity contribution < 1.29 is 4.74 Å². The van der Waals surface area contributed by atoms with Crippen LogP contribution in [0, 0.1) is 20.8 Å². The molecule has 0 fully saturated rings. The Hall–Kier alpha value is -2.07. The molecule has 0 aliphatic rings. The summed E-state index contributed by atoms with van der Waals surface area (Å²) in [7, 11) is 0. The summed E-state index contributed by atoms with van der Waals surface area (Å²) in [5, 5.41) is 0. The first-order chi connectivity index (χ1) is 9.11. The molecule has 0 saturated carbocycles. The van der Waals surface area contributed by atoms with E-state index in [2.05, 4.69) is 43.3 Å². The van der Waals surface area contributed by atoms with Crippen molar-refractivity contribution in [2.45, 2.75) is 27.4 Å². The van der Waals surface area contributed by atoms with Crippen LogP contribution in [0.4, 0.5) is 5.82 Å². The van der Waals surface area contributed by atoms with Crippen molar-refractivity contribution in [3.8, 4) is 5.75 Å². The van der Waals surface area contributed by atoms with Crippen LogP contribution in [-0.2, 0) is 6.61 Å². The number of aryl methyl sites for hydroxylation is 2. The summed E-state index contributed by atoms with van der Waals surface area (Å²) in [5.41, 5.74) is 7.13. The van der Waals surface area contributed by atoms with Crippen LogP contribution in [0.25, 0.3) is 0 Å². The summed E-state index contributed by atoms with van der Waals surface area (Å²) < 4.78 is 5.94. The molecule has 4 heteroatoms. The van der Waals surface area contributed by atoms with Gasteiger partial charge in [-0.15, -0.1) is 0 Å². The van der Waals surface area contributed by atoms with Gasteiger partial charge < -0.3 is 10.2 Å². The highest BCUT2D eigenvalue weighted by molar-refractivity contribution is 5.45. The predicted molar refractivity (Wildman–Crippen MR) is 77.0 cm³/mol. The molecule has 1 aromatic heterocycles. The van der Waals surface area contributed by atoms with Gasteiger partial charge in [-0.2, -0.15) is 0 Å². The Morgan fingerprint density at radius 2 is 1.89 bits per heavy atom. The Labute approximate surface area is 113 Å². The topological polar surface area (TPSA) is 60.2 Å². The van der Waals surface area contributed by atoms with Crippen molar-refractivity contribution >= 4 is 5.82 Å². The summed E-state index contributed by atoms with van der Waals surface area (Å²) in [4.78, 5) is 4.07. The second-order valence-electron chi connectivity index (χ2n) is 4.64. The number of rotatable bonds is 4. The maximum absolute atomic E-state index is 5.94. The summed E-state index contributed by atoms with van der Waals surface area (Å²) in [5.74, 6) is 6.94. The Kier molecular flexibility index (Phi) is 4.02. The van der Waals surface area contributed by atoms with Crippen LogP contribution in [0.1, 0.15) is 22.3 Å². The minimum absolute atomic E-state index is 0.502. The minimum Gasteiger partial charge on any atom is -0.488 e. The molecule has 3 N–H and O–H groups in total. The third-order valence-corrected chi connectivity index (χ3v) is 3.23. The smallest absolute Gasteiger partial charge is 0.140 e. The van der Waals surface area contributed by atoms with Crippen molar-refractivity contribution in [3.05, 3.63) is 52.7 Å². The minimum atomic E-state index is 0.502. The standard InChI is InChI=1S/C15H19N3O/c1-10-4-5-11(2)15(12(10)3)19-9-13-6-7-17-14(8-13)18-16/h4-8H,9,16H2,1-3H3,(H,17,18). The van der Waals surface area contributed by atoms with Gasteiger partial charge in [0.2, 0.25) is 0 Å². The normalized spacial score (nSPS) is 10.3. The van der Waals surface area contributed by atoms with Crippen LogP contribution in [0.2, 0.25) is 0 Å². The molecule has 2 rings (SSSR count). The van der Waals surface area contributed by atoms with Crippen LogP contribution in [0.15, 0.2) is 30.5 Å². The van der Waals surface area contributed by atoms with Crippen LogP contribution < -0.4 is 16.0 Å². The number of ether oxygens (including phenoxy) is 1. The fraction of sp³-hybridized carbons (Fsp3) is 0.267. The second kappa shape index (κ2) is 5.71. The van der Waals surface area contributed by atoms with E-state index in [1.54, 1.807) is 6.20 Å². The van der Waals surface area contributed by atoms with Gasteiger partial charge in [0.15, 0.2) is 0 Å². The van der Waals surface area contributed by atoms with E-state index in [-0.39, 0.29) is 0 Å². The molecule has 0 aliphatic carbocycles. The number of anilines is 1. The van der Waals surface area contributed by atoms with Crippen molar-refractivity contribution in [3.63, 3.8) is 0 Å². The number of nitrogens with one attached hydrogen (secondary N) is 1. The fourth-order valence-electron chi connectivity index (χ4n) is 1.95. The van der Waals surface area contributed by atoms with E-state index in [0.29, 0.717) is 12.4 Å². The third kappa shape index (κ3) is 3.03. The Morgan fingerprint density at radius 1 is 1.16 bits per heavy atom. The number of nitrogens with two attached hydrogens (primary N) is 1. The number of hydrazine groups is 1. The van der Waals surface area contributed by atoms with Gasteiger partial charge in [0, 0.05) is 6.20 Å². The molecule has 0 radical (unpaired) electrons. The van der Waals surface area contributed by atoms with Gasteiger partial charge in [-0.25, -0.2) is 10.8 Å². The van der Waals surface area contributed by atoms with E-state index in [1.807, 2.05) is 12.1 Å². The molecular formula is C15H19N3O. The first-order valence-electron chi connectivity index (χ1n) is 6.23. The molecule has 1 heterocycles. The third-order valence-electron chi connectivity index (χ3n) is 3.23. The Balaban J connectivity index is 2.16. The highest BCUT2D eigenvalue weighted by atomic mass is 16.5. The van der Waals surface area contributed by atoms with Crippen molar-refractivity contribution in [1.82, 2.24) is 4.98 Å². The molecule has 1 aromatic carbocycles. The Morgan fingerprint density at radius 3 is 2.63 bits per heavy atom. The quantitative estimate of drug-likeness (QED) is 0.653. The second-order valence-corrected chi connectivity index (χ2v) is 4.64. The number of aromatic nitrogens is 1. The van der Waals surface area contributed by atoms with Gasteiger partial charge in [0.25, 0.3) is 0 Å². The maximum atomic E-state index is 5.94. The molecule has 0 atom stereocenters. The van der Waals surface area contributed by atoms with E-state index in [4.69, 9.17) is 10.6 Å². The summed E-state index contributed by atoms with van der Waals surface area (Å²) in [6, 6.07) is 7.99. The molecule has 0 spiro atoms. The van der Waals surface area contributed by atoms with Crippen LogP contribution in [0.3, 0.4) is 0 Å². The number of nitrogen functional groups attached to an aromatic ring is 1. The highest BCUT2D eigenvalue weighted by Gasteiger charge is 2.07. The van der Waals surface area contributed by atoms with E-state index >= 15 is 0 Å². The summed E-state index contributed by atoms with van der Waals surface area (Å²) >= 11 is 0. The molecule has 19 heavy (non-hydrogen) atoms. The lowest BCUT2D eigenvalue weighted by molar-refractivity contribution is 0.301. The lowest BCUT2D eigenvalue weighted by Crippen LogP contribution is -2.09. The van der Waals surface area contributed by atoms with Crippen molar-refractivity contribution in [2.75, 3.05) is 5.43 Å². The van der Waals surface area contributed by atoms with Crippen LogP contribution in [0.5, 0.6) is 5.75 Å². The Bertz CT molecular complexity index is 582. The number of nitrogens with zero attached hydrogens (tertiary/aromatic N) is 1. The first-order valence-corrected chi connectivity index (χ1v) is 6.23. The van der Waals surface area contributed by atoms with E-state index in [0.717, 1.165) is 16.9 Å². The lowest BCUT2D eigenvalue weighted by atomic mass is 10.1. The number of benzene rings is 1. The van der Waals surface area contributed by atoms with Gasteiger partial charge in [-0.1, -0.05) is 12.1 Å². The van der Waals surface area contributed by atoms with Crippen LogP contribution >= 0.6 is 0 Å². The van der Waals surface area contributed by atoms with Crippen molar-refractivity contribution in [2.24, 2.45) is 5.84 Å². The molecular weight excluding hydrogens is 238 g/mol. The molecule has 0 unspecified atom stereocenters. The zero-order valence-corrected chi connectivity index (χ0v) is 11.5. The average molecular weight is 257 g/mol. The maximum Gasteiger partial charge on any atom is 0.140 e. The predicted octanol–water partition coefficient (Wildman–Crippen LogP) is 2.87.